The molecule has 2 amide bonds. The standard InChI is InChI=1S/C14H24N2O4/c1-2-11-9-20-7-6-16(11)14(19)15-8-10-4-3-5-12(10)13(17)18/h10-12H,2-9H2,1H3,(H,15,19)(H,17,18). The van der Waals surface area contributed by atoms with Gasteiger partial charge in [-0.3, -0.25) is 4.79 Å². The zero-order valence-corrected chi connectivity index (χ0v) is 12.0. The highest BCUT2D eigenvalue weighted by molar-refractivity contribution is 5.75. The van der Waals surface area contributed by atoms with Gasteiger partial charge in [0.05, 0.1) is 25.2 Å². The normalized spacial score (nSPS) is 30.2. The van der Waals surface area contributed by atoms with E-state index in [1.54, 1.807) is 0 Å². The number of ether oxygens (including phenoxy) is 1. The SMILES string of the molecule is CCC1COCCN1C(=O)NCC1CCCC1C(=O)O. The molecule has 6 nitrogen and oxygen atoms in total. The van der Waals surface area contributed by atoms with Gasteiger partial charge in [-0.25, -0.2) is 4.79 Å². The second kappa shape index (κ2) is 6.92. The summed E-state index contributed by atoms with van der Waals surface area (Å²) in [5.41, 5.74) is 0. The fourth-order valence-electron chi connectivity index (χ4n) is 3.19. The molecule has 2 rings (SSSR count). The van der Waals surface area contributed by atoms with Crippen LogP contribution in [0.25, 0.3) is 0 Å². The van der Waals surface area contributed by atoms with Crippen LogP contribution in [0.4, 0.5) is 4.79 Å². The molecule has 0 radical (unpaired) electrons. The summed E-state index contributed by atoms with van der Waals surface area (Å²) in [5.74, 6) is -0.973. The molecule has 1 saturated carbocycles. The average Bonchev–Trinajstić information content (AvgIpc) is 2.93. The van der Waals surface area contributed by atoms with E-state index in [0.717, 1.165) is 25.7 Å². The van der Waals surface area contributed by atoms with Crippen LogP contribution in [0.15, 0.2) is 0 Å². The van der Waals surface area contributed by atoms with Crippen LogP contribution in [-0.2, 0) is 9.53 Å². The summed E-state index contributed by atoms with van der Waals surface area (Å²) in [6.07, 6.45) is 3.42. The number of carbonyl (C=O) groups is 2. The molecule has 2 fully saturated rings. The van der Waals surface area contributed by atoms with Gasteiger partial charge >= 0.3 is 12.0 Å². The summed E-state index contributed by atoms with van der Waals surface area (Å²) in [6, 6.07) is 0.0405. The van der Waals surface area contributed by atoms with E-state index < -0.39 is 5.97 Å². The van der Waals surface area contributed by atoms with E-state index in [2.05, 4.69) is 5.32 Å². The van der Waals surface area contributed by atoms with Crippen LogP contribution < -0.4 is 5.32 Å². The number of carbonyl (C=O) groups excluding carboxylic acids is 1. The number of rotatable bonds is 4. The van der Waals surface area contributed by atoms with Gasteiger partial charge < -0.3 is 20.1 Å². The first-order chi connectivity index (χ1) is 9.63. The molecular weight excluding hydrogens is 260 g/mol. The molecule has 3 atom stereocenters. The third-order valence-electron chi connectivity index (χ3n) is 4.45. The Labute approximate surface area is 119 Å². The summed E-state index contributed by atoms with van der Waals surface area (Å²) in [7, 11) is 0. The first-order valence-corrected chi connectivity index (χ1v) is 7.48. The Morgan fingerprint density at radius 3 is 2.90 bits per heavy atom. The molecule has 0 aromatic carbocycles. The Kier molecular flexibility index (Phi) is 5.23. The molecule has 2 aliphatic rings. The van der Waals surface area contributed by atoms with Crippen molar-refractivity contribution in [1.29, 1.82) is 0 Å². The smallest absolute Gasteiger partial charge is 0.317 e. The quantitative estimate of drug-likeness (QED) is 0.816. The van der Waals surface area contributed by atoms with Gasteiger partial charge in [-0.15, -0.1) is 0 Å². The fourth-order valence-corrected chi connectivity index (χ4v) is 3.19. The minimum Gasteiger partial charge on any atom is -0.481 e. The number of hydrogen-bond donors (Lipinski definition) is 2. The molecule has 114 valence electrons. The Morgan fingerprint density at radius 2 is 2.20 bits per heavy atom. The zero-order chi connectivity index (χ0) is 14.5. The molecule has 20 heavy (non-hydrogen) atoms. The van der Waals surface area contributed by atoms with Crippen LogP contribution in [0.2, 0.25) is 0 Å². The summed E-state index contributed by atoms with van der Waals surface area (Å²) >= 11 is 0. The lowest BCUT2D eigenvalue weighted by molar-refractivity contribution is -0.142. The molecule has 0 bridgehead atoms. The van der Waals surface area contributed by atoms with Crippen LogP contribution in [0.5, 0.6) is 0 Å². The van der Waals surface area contributed by atoms with Crippen LogP contribution in [0.1, 0.15) is 32.6 Å². The van der Waals surface area contributed by atoms with Crippen LogP contribution in [0, 0.1) is 11.8 Å². The Morgan fingerprint density at radius 1 is 1.40 bits per heavy atom. The van der Waals surface area contributed by atoms with Crippen molar-refractivity contribution in [2.45, 2.75) is 38.6 Å². The van der Waals surface area contributed by atoms with E-state index >= 15 is 0 Å². The first-order valence-electron chi connectivity index (χ1n) is 7.48. The van der Waals surface area contributed by atoms with Crippen molar-refractivity contribution in [2.24, 2.45) is 11.8 Å². The Hall–Kier alpha value is -1.30. The van der Waals surface area contributed by atoms with Crippen LogP contribution in [0.3, 0.4) is 0 Å². The van der Waals surface area contributed by atoms with Gasteiger partial charge in [-0.05, 0) is 25.2 Å². The molecule has 1 heterocycles. The van der Waals surface area contributed by atoms with Gasteiger partial charge in [-0.1, -0.05) is 13.3 Å². The number of aliphatic carboxylic acids is 1. The molecular formula is C14H24N2O4. The zero-order valence-electron chi connectivity index (χ0n) is 12.0. The van der Waals surface area contributed by atoms with Crippen LogP contribution >= 0.6 is 0 Å². The van der Waals surface area contributed by atoms with E-state index in [1.165, 1.54) is 0 Å². The number of amides is 2. The molecule has 6 heteroatoms. The number of hydrogen-bond acceptors (Lipinski definition) is 3. The Balaban J connectivity index is 1.83. The molecule has 0 aromatic rings. The van der Waals surface area contributed by atoms with Crippen molar-refractivity contribution in [3.63, 3.8) is 0 Å². The lowest BCUT2D eigenvalue weighted by atomic mass is 9.96. The van der Waals surface area contributed by atoms with Gasteiger partial charge in [0.1, 0.15) is 0 Å². The minimum absolute atomic E-state index is 0.0672. The van der Waals surface area contributed by atoms with E-state index in [1.807, 2.05) is 11.8 Å². The van der Waals surface area contributed by atoms with Crippen LogP contribution in [-0.4, -0.2) is 54.4 Å². The second-order valence-corrected chi connectivity index (χ2v) is 5.65. The largest absolute Gasteiger partial charge is 0.481 e. The van der Waals surface area contributed by atoms with Gasteiger partial charge in [-0.2, -0.15) is 0 Å². The highest BCUT2D eigenvalue weighted by atomic mass is 16.5. The number of nitrogens with one attached hydrogen (secondary N) is 1. The number of urea groups is 1. The van der Waals surface area contributed by atoms with Crippen molar-refractivity contribution < 1.29 is 19.4 Å². The van der Waals surface area contributed by atoms with Gasteiger partial charge in [0.25, 0.3) is 0 Å². The van der Waals surface area contributed by atoms with Gasteiger partial charge in [0.15, 0.2) is 0 Å². The number of carboxylic acid groups (broad SMARTS) is 1. The summed E-state index contributed by atoms with van der Waals surface area (Å²) in [5, 5.41) is 12.0. The molecule has 1 aliphatic carbocycles. The average molecular weight is 284 g/mol. The van der Waals surface area contributed by atoms with E-state index in [4.69, 9.17) is 9.84 Å². The first kappa shape index (κ1) is 15.1. The maximum Gasteiger partial charge on any atom is 0.317 e. The minimum atomic E-state index is -0.737. The Bertz CT molecular complexity index is 361. The number of carboxylic acids is 1. The second-order valence-electron chi connectivity index (χ2n) is 5.65. The molecule has 3 unspecified atom stereocenters. The number of nitrogens with zero attached hydrogens (tertiary/aromatic N) is 1. The fraction of sp³-hybridized carbons (Fsp3) is 0.857. The maximum absolute atomic E-state index is 12.2. The van der Waals surface area contributed by atoms with E-state index in [-0.39, 0.29) is 23.9 Å². The summed E-state index contributed by atoms with van der Waals surface area (Å²) in [4.78, 5) is 25.1. The summed E-state index contributed by atoms with van der Waals surface area (Å²) in [6.45, 7) is 4.27. The topological polar surface area (TPSA) is 78.9 Å². The van der Waals surface area contributed by atoms with E-state index in [9.17, 15) is 9.59 Å². The summed E-state index contributed by atoms with van der Waals surface area (Å²) < 4.78 is 5.38. The van der Waals surface area contributed by atoms with Gasteiger partial charge in [0, 0.05) is 13.1 Å². The molecule has 1 saturated heterocycles. The third kappa shape index (κ3) is 3.42. The molecule has 0 aromatic heterocycles. The predicted molar refractivity (Wildman–Crippen MR) is 73.5 cm³/mol. The molecule has 2 N–H and O–H groups in total. The van der Waals surface area contributed by atoms with Crippen molar-refractivity contribution in [3.8, 4) is 0 Å². The van der Waals surface area contributed by atoms with Crippen molar-refractivity contribution >= 4 is 12.0 Å². The van der Waals surface area contributed by atoms with Crippen molar-refractivity contribution in [1.82, 2.24) is 10.2 Å². The number of morpholine rings is 1. The molecule has 0 spiro atoms. The third-order valence-corrected chi connectivity index (χ3v) is 4.45. The van der Waals surface area contributed by atoms with Crippen molar-refractivity contribution in [3.05, 3.63) is 0 Å². The van der Waals surface area contributed by atoms with Crippen molar-refractivity contribution in [2.75, 3.05) is 26.3 Å². The monoisotopic (exact) mass is 284 g/mol. The lowest BCUT2D eigenvalue weighted by Gasteiger charge is -2.35. The highest BCUT2D eigenvalue weighted by Crippen LogP contribution is 2.31. The maximum atomic E-state index is 12.2. The van der Waals surface area contributed by atoms with E-state index in [0.29, 0.717) is 26.3 Å². The molecule has 1 aliphatic heterocycles. The van der Waals surface area contributed by atoms with Gasteiger partial charge in [0.2, 0.25) is 0 Å². The highest BCUT2D eigenvalue weighted by Gasteiger charge is 2.33. The lowest BCUT2D eigenvalue weighted by Crippen LogP contribution is -2.53. The predicted octanol–water partition coefficient (Wildman–Crippen LogP) is 1.31.